The predicted octanol–water partition coefficient (Wildman–Crippen LogP) is 1.05. The second kappa shape index (κ2) is 6.29. The van der Waals surface area contributed by atoms with Gasteiger partial charge in [0.25, 0.3) is 5.91 Å². The minimum Gasteiger partial charge on any atom is -0.396 e. The standard InChI is InChI=1S/C9H16N4O.ClH/c1-3-5-11-9(14)8-7(10)6-13(4-2)12-8;/h6H,3-5,10H2,1-2H3,(H,11,14);1H. The molecule has 0 fully saturated rings. The van der Waals surface area contributed by atoms with Gasteiger partial charge in [-0.15, -0.1) is 12.4 Å². The van der Waals surface area contributed by atoms with Crippen molar-refractivity contribution in [3.8, 4) is 0 Å². The lowest BCUT2D eigenvalue weighted by Crippen LogP contribution is -2.25. The van der Waals surface area contributed by atoms with Gasteiger partial charge in [-0.2, -0.15) is 5.10 Å². The number of carbonyl (C=O) groups is 1. The number of amides is 1. The van der Waals surface area contributed by atoms with Gasteiger partial charge in [0.2, 0.25) is 0 Å². The fourth-order valence-corrected chi connectivity index (χ4v) is 1.10. The largest absolute Gasteiger partial charge is 0.396 e. The molecular weight excluding hydrogens is 216 g/mol. The second-order valence-electron chi connectivity index (χ2n) is 3.04. The number of rotatable bonds is 4. The van der Waals surface area contributed by atoms with Crippen LogP contribution in [0.3, 0.4) is 0 Å². The number of anilines is 1. The van der Waals surface area contributed by atoms with Gasteiger partial charge in [0.15, 0.2) is 5.69 Å². The summed E-state index contributed by atoms with van der Waals surface area (Å²) in [4.78, 5) is 11.5. The molecule has 0 aliphatic heterocycles. The normalized spacial score (nSPS) is 9.47. The van der Waals surface area contributed by atoms with Crippen LogP contribution in [-0.2, 0) is 6.54 Å². The fraction of sp³-hybridized carbons (Fsp3) is 0.556. The van der Waals surface area contributed by atoms with Crippen LogP contribution in [0.4, 0.5) is 5.69 Å². The van der Waals surface area contributed by atoms with Crippen molar-refractivity contribution in [3.05, 3.63) is 11.9 Å². The van der Waals surface area contributed by atoms with Crippen LogP contribution in [0.2, 0.25) is 0 Å². The van der Waals surface area contributed by atoms with Crippen molar-refractivity contribution in [2.45, 2.75) is 26.8 Å². The molecule has 86 valence electrons. The number of hydrogen-bond acceptors (Lipinski definition) is 3. The number of hydrogen-bond donors (Lipinski definition) is 2. The zero-order chi connectivity index (χ0) is 10.6. The highest BCUT2D eigenvalue weighted by Crippen LogP contribution is 2.08. The summed E-state index contributed by atoms with van der Waals surface area (Å²) in [6, 6.07) is 0. The van der Waals surface area contributed by atoms with Crippen molar-refractivity contribution < 1.29 is 4.79 Å². The highest BCUT2D eigenvalue weighted by Gasteiger charge is 2.13. The van der Waals surface area contributed by atoms with Gasteiger partial charge in [-0.3, -0.25) is 9.48 Å². The lowest BCUT2D eigenvalue weighted by Gasteiger charge is -2.00. The van der Waals surface area contributed by atoms with E-state index in [0.717, 1.165) is 6.42 Å². The smallest absolute Gasteiger partial charge is 0.273 e. The Morgan fingerprint density at radius 1 is 1.60 bits per heavy atom. The van der Waals surface area contributed by atoms with Crippen LogP contribution in [-0.4, -0.2) is 22.2 Å². The van der Waals surface area contributed by atoms with E-state index in [-0.39, 0.29) is 18.3 Å². The second-order valence-corrected chi connectivity index (χ2v) is 3.04. The molecule has 0 spiro atoms. The van der Waals surface area contributed by atoms with Gasteiger partial charge >= 0.3 is 0 Å². The molecular formula is C9H17ClN4O. The summed E-state index contributed by atoms with van der Waals surface area (Å²) in [6.45, 7) is 5.30. The van der Waals surface area contributed by atoms with E-state index in [0.29, 0.717) is 24.5 Å². The molecule has 0 unspecified atom stereocenters. The third kappa shape index (κ3) is 3.43. The number of nitrogens with zero attached hydrogens (tertiary/aromatic N) is 2. The summed E-state index contributed by atoms with van der Waals surface area (Å²) in [5.74, 6) is -0.198. The minimum absolute atomic E-state index is 0. The Bertz CT molecular complexity index is 324. The van der Waals surface area contributed by atoms with Crippen molar-refractivity contribution in [2.75, 3.05) is 12.3 Å². The monoisotopic (exact) mass is 232 g/mol. The van der Waals surface area contributed by atoms with Crippen molar-refractivity contribution in [1.82, 2.24) is 15.1 Å². The molecule has 0 aliphatic carbocycles. The predicted molar refractivity (Wildman–Crippen MR) is 62.2 cm³/mol. The molecule has 1 aromatic heterocycles. The van der Waals surface area contributed by atoms with Gasteiger partial charge in [0, 0.05) is 19.3 Å². The first-order chi connectivity index (χ1) is 6.69. The Kier molecular flexibility index (Phi) is 5.77. The summed E-state index contributed by atoms with van der Waals surface area (Å²) in [6.07, 6.45) is 2.57. The Balaban J connectivity index is 0.00000196. The van der Waals surface area contributed by atoms with E-state index in [1.54, 1.807) is 10.9 Å². The van der Waals surface area contributed by atoms with E-state index in [1.807, 2.05) is 13.8 Å². The summed E-state index contributed by atoms with van der Waals surface area (Å²) < 4.78 is 1.65. The zero-order valence-corrected chi connectivity index (χ0v) is 9.80. The topological polar surface area (TPSA) is 72.9 Å². The highest BCUT2D eigenvalue weighted by atomic mass is 35.5. The van der Waals surface area contributed by atoms with E-state index >= 15 is 0 Å². The number of halogens is 1. The molecule has 0 bridgehead atoms. The van der Waals surface area contributed by atoms with Gasteiger partial charge in [-0.05, 0) is 13.3 Å². The molecule has 3 N–H and O–H groups in total. The lowest BCUT2D eigenvalue weighted by atomic mass is 10.3. The van der Waals surface area contributed by atoms with Crippen LogP contribution in [0.25, 0.3) is 0 Å². The van der Waals surface area contributed by atoms with Crippen LogP contribution in [0.5, 0.6) is 0 Å². The van der Waals surface area contributed by atoms with E-state index in [9.17, 15) is 4.79 Å². The number of nitrogen functional groups attached to an aromatic ring is 1. The summed E-state index contributed by atoms with van der Waals surface area (Å²) in [5.41, 5.74) is 6.40. The maximum absolute atomic E-state index is 11.5. The first-order valence-corrected chi connectivity index (χ1v) is 4.80. The average Bonchev–Trinajstić information content (AvgIpc) is 2.56. The quantitative estimate of drug-likeness (QED) is 0.815. The summed E-state index contributed by atoms with van der Waals surface area (Å²) in [7, 11) is 0. The number of aromatic nitrogens is 2. The third-order valence-corrected chi connectivity index (χ3v) is 1.86. The molecule has 15 heavy (non-hydrogen) atoms. The summed E-state index contributed by atoms with van der Waals surface area (Å²) in [5, 5.41) is 6.79. The van der Waals surface area contributed by atoms with E-state index in [1.165, 1.54) is 0 Å². The molecule has 0 aromatic carbocycles. The molecule has 1 rings (SSSR count). The highest BCUT2D eigenvalue weighted by molar-refractivity contribution is 5.96. The van der Waals surface area contributed by atoms with Gasteiger partial charge in [0.1, 0.15) is 0 Å². The van der Waals surface area contributed by atoms with Crippen LogP contribution < -0.4 is 11.1 Å². The number of aryl methyl sites for hydroxylation is 1. The number of carbonyl (C=O) groups excluding carboxylic acids is 1. The number of nitrogens with one attached hydrogen (secondary N) is 1. The van der Waals surface area contributed by atoms with Gasteiger partial charge < -0.3 is 11.1 Å². The van der Waals surface area contributed by atoms with E-state index in [4.69, 9.17) is 5.73 Å². The van der Waals surface area contributed by atoms with Crippen molar-refractivity contribution in [1.29, 1.82) is 0 Å². The third-order valence-electron chi connectivity index (χ3n) is 1.86. The first-order valence-electron chi connectivity index (χ1n) is 4.80. The molecule has 1 heterocycles. The molecule has 0 saturated heterocycles. The zero-order valence-electron chi connectivity index (χ0n) is 8.99. The van der Waals surface area contributed by atoms with Crippen molar-refractivity contribution >= 4 is 24.0 Å². The van der Waals surface area contributed by atoms with Crippen LogP contribution in [0.1, 0.15) is 30.8 Å². The lowest BCUT2D eigenvalue weighted by molar-refractivity contribution is 0.0948. The number of nitrogens with two attached hydrogens (primary N) is 1. The Labute approximate surface area is 95.4 Å². The Hall–Kier alpha value is -1.23. The summed E-state index contributed by atoms with van der Waals surface area (Å²) >= 11 is 0. The fourth-order valence-electron chi connectivity index (χ4n) is 1.10. The van der Waals surface area contributed by atoms with Crippen molar-refractivity contribution in [3.63, 3.8) is 0 Å². The molecule has 0 radical (unpaired) electrons. The molecule has 5 nitrogen and oxygen atoms in total. The van der Waals surface area contributed by atoms with Gasteiger partial charge in [-0.25, -0.2) is 0 Å². The molecule has 1 aromatic rings. The molecule has 6 heteroatoms. The molecule has 1 amide bonds. The van der Waals surface area contributed by atoms with Gasteiger partial charge in [-0.1, -0.05) is 6.92 Å². The molecule has 0 atom stereocenters. The van der Waals surface area contributed by atoms with Gasteiger partial charge in [0.05, 0.1) is 5.69 Å². The van der Waals surface area contributed by atoms with E-state index < -0.39 is 0 Å². The average molecular weight is 233 g/mol. The molecule has 0 saturated carbocycles. The van der Waals surface area contributed by atoms with Crippen LogP contribution in [0.15, 0.2) is 6.20 Å². The SMILES string of the molecule is CCCNC(=O)c1nn(CC)cc1N.Cl. The van der Waals surface area contributed by atoms with Crippen molar-refractivity contribution in [2.24, 2.45) is 0 Å². The molecule has 0 aliphatic rings. The van der Waals surface area contributed by atoms with E-state index in [2.05, 4.69) is 10.4 Å². The Morgan fingerprint density at radius 2 is 2.27 bits per heavy atom. The Morgan fingerprint density at radius 3 is 2.73 bits per heavy atom. The minimum atomic E-state index is -0.198. The maximum atomic E-state index is 11.5. The van der Waals surface area contributed by atoms with Crippen LogP contribution in [0, 0.1) is 0 Å². The maximum Gasteiger partial charge on any atom is 0.273 e. The van der Waals surface area contributed by atoms with Crippen LogP contribution >= 0.6 is 12.4 Å². The first kappa shape index (κ1) is 13.8.